The smallest absolute Gasteiger partial charge is 0.244 e. The first-order chi connectivity index (χ1) is 13.6. The van der Waals surface area contributed by atoms with Gasteiger partial charge in [0.1, 0.15) is 11.3 Å². The van der Waals surface area contributed by atoms with Crippen LogP contribution in [0, 0.1) is 11.6 Å². The predicted molar refractivity (Wildman–Crippen MR) is 107 cm³/mol. The summed E-state index contributed by atoms with van der Waals surface area (Å²) in [6, 6.07) is 1.90. The van der Waals surface area contributed by atoms with Crippen molar-refractivity contribution in [2.75, 3.05) is 64.1 Å². The summed E-state index contributed by atoms with van der Waals surface area (Å²) < 4.78 is 57.5. The van der Waals surface area contributed by atoms with Crippen LogP contribution in [0.3, 0.4) is 0 Å². The van der Waals surface area contributed by atoms with E-state index in [-0.39, 0.29) is 28.4 Å². The number of aromatic nitrogens is 1. The van der Waals surface area contributed by atoms with Crippen LogP contribution in [0.25, 0.3) is 10.2 Å². The molecule has 3 rings (SSSR count). The van der Waals surface area contributed by atoms with Crippen molar-refractivity contribution in [1.82, 2.24) is 14.2 Å². The average molecular weight is 449 g/mol. The van der Waals surface area contributed by atoms with Gasteiger partial charge in [0.25, 0.3) is 0 Å². The Balaban J connectivity index is 1.87. The summed E-state index contributed by atoms with van der Waals surface area (Å²) in [5.74, 6) is -2.03. The average Bonchev–Trinajstić information content (AvgIpc) is 3.06. The van der Waals surface area contributed by atoms with Crippen LogP contribution in [0.1, 0.15) is 0 Å². The number of amides is 1. The highest BCUT2D eigenvalue weighted by atomic mass is 32.2. The second kappa shape index (κ2) is 8.96. The molecule has 0 saturated carbocycles. The van der Waals surface area contributed by atoms with Crippen LogP contribution < -0.4 is 4.90 Å². The van der Waals surface area contributed by atoms with Gasteiger partial charge in [-0.05, 0) is 6.07 Å². The van der Waals surface area contributed by atoms with Gasteiger partial charge in [-0.1, -0.05) is 11.3 Å². The molecule has 1 aromatic carbocycles. The number of morpholine rings is 1. The molecule has 0 spiro atoms. The molecule has 0 aliphatic carbocycles. The summed E-state index contributed by atoms with van der Waals surface area (Å²) in [4.78, 5) is 20.5. The molecule has 1 aliphatic rings. The molecular formula is C17H22F2N4O4S2. The number of halogens is 2. The van der Waals surface area contributed by atoms with Crippen LogP contribution >= 0.6 is 11.3 Å². The van der Waals surface area contributed by atoms with Gasteiger partial charge in [-0.3, -0.25) is 14.6 Å². The highest BCUT2D eigenvalue weighted by Crippen LogP contribution is 2.31. The highest BCUT2D eigenvalue weighted by Gasteiger charge is 2.25. The molecule has 8 nitrogen and oxygen atoms in total. The molecule has 29 heavy (non-hydrogen) atoms. The molecule has 0 N–H and O–H groups in total. The molecule has 2 heterocycles. The van der Waals surface area contributed by atoms with Gasteiger partial charge in [0.05, 0.1) is 30.7 Å². The minimum Gasteiger partial charge on any atom is -0.379 e. The Morgan fingerprint density at radius 2 is 2.00 bits per heavy atom. The molecule has 1 amide bonds. The van der Waals surface area contributed by atoms with Crippen molar-refractivity contribution in [2.24, 2.45) is 0 Å². The fourth-order valence-electron chi connectivity index (χ4n) is 2.85. The number of rotatable bonds is 7. The Bertz CT molecular complexity index is 993. The minimum atomic E-state index is -3.55. The lowest BCUT2D eigenvalue weighted by Crippen LogP contribution is -2.46. The third kappa shape index (κ3) is 5.45. The van der Waals surface area contributed by atoms with Crippen molar-refractivity contribution in [2.45, 2.75) is 0 Å². The lowest BCUT2D eigenvalue weighted by molar-refractivity contribution is -0.118. The van der Waals surface area contributed by atoms with E-state index >= 15 is 0 Å². The number of hydrogen-bond acceptors (Lipinski definition) is 7. The lowest BCUT2D eigenvalue weighted by Gasteiger charge is -2.29. The van der Waals surface area contributed by atoms with E-state index in [0.717, 1.165) is 34.0 Å². The maximum Gasteiger partial charge on any atom is 0.244 e. The molecule has 12 heteroatoms. The van der Waals surface area contributed by atoms with Crippen molar-refractivity contribution in [3.63, 3.8) is 0 Å². The molecule has 160 valence electrons. The molecule has 1 aromatic heterocycles. The second-order valence-electron chi connectivity index (χ2n) is 6.75. The molecule has 0 unspecified atom stereocenters. The number of ether oxygens (including phenoxy) is 1. The fraction of sp³-hybridized carbons (Fsp3) is 0.529. The molecule has 2 aromatic rings. The number of thiazole rings is 1. The number of carbonyl (C=O) groups excluding carboxylic acids is 1. The molecule has 0 bridgehead atoms. The lowest BCUT2D eigenvalue weighted by atomic mass is 10.3. The minimum absolute atomic E-state index is 0.0213. The van der Waals surface area contributed by atoms with E-state index < -0.39 is 27.6 Å². The molecule has 1 fully saturated rings. The first kappa shape index (κ1) is 22.0. The van der Waals surface area contributed by atoms with Gasteiger partial charge >= 0.3 is 0 Å². The number of carbonyl (C=O) groups is 1. The van der Waals surface area contributed by atoms with Gasteiger partial charge < -0.3 is 4.74 Å². The van der Waals surface area contributed by atoms with Crippen LogP contribution in [0.5, 0.6) is 0 Å². The zero-order valence-electron chi connectivity index (χ0n) is 16.1. The number of hydrogen-bond donors (Lipinski definition) is 0. The van der Waals surface area contributed by atoms with Gasteiger partial charge in [-0.25, -0.2) is 22.2 Å². The summed E-state index contributed by atoms with van der Waals surface area (Å²) in [7, 11) is -2.25. The molecular weight excluding hydrogens is 426 g/mol. The molecule has 0 atom stereocenters. The van der Waals surface area contributed by atoms with Crippen molar-refractivity contribution >= 4 is 42.6 Å². The van der Waals surface area contributed by atoms with E-state index in [1.165, 1.54) is 11.9 Å². The molecule has 1 saturated heterocycles. The maximum absolute atomic E-state index is 14.1. The standard InChI is InChI=1S/C17H22F2N4O4S2/c1-21(29(2,25)26)11-15(24)23(4-3-22-5-7-27-8-6-22)17-20-16-13(19)9-12(18)10-14(16)28-17/h9-10H,3-8,11H2,1-2H3. The zero-order chi connectivity index (χ0) is 21.2. The van der Waals surface area contributed by atoms with E-state index in [1.807, 2.05) is 0 Å². The van der Waals surface area contributed by atoms with Gasteiger partial charge in [0, 0.05) is 39.3 Å². The first-order valence-electron chi connectivity index (χ1n) is 8.92. The summed E-state index contributed by atoms with van der Waals surface area (Å²) in [5.41, 5.74) is -0.0213. The number of nitrogens with zero attached hydrogens (tertiary/aromatic N) is 4. The van der Waals surface area contributed by atoms with Crippen molar-refractivity contribution in [3.8, 4) is 0 Å². The number of fused-ring (bicyclic) bond motifs is 1. The van der Waals surface area contributed by atoms with Crippen LogP contribution in [0.4, 0.5) is 13.9 Å². The topological polar surface area (TPSA) is 83.1 Å². The van der Waals surface area contributed by atoms with Crippen molar-refractivity contribution in [1.29, 1.82) is 0 Å². The third-order valence-electron chi connectivity index (χ3n) is 4.60. The Morgan fingerprint density at radius 1 is 1.31 bits per heavy atom. The van der Waals surface area contributed by atoms with E-state index in [1.54, 1.807) is 0 Å². The number of anilines is 1. The van der Waals surface area contributed by atoms with Crippen molar-refractivity contribution < 1.29 is 26.7 Å². The second-order valence-corrected chi connectivity index (χ2v) is 9.85. The zero-order valence-corrected chi connectivity index (χ0v) is 17.7. The first-order valence-corrected chi connectivity index (χ1v) is 11.6. The SMILES string of the molecule is CN(CC(=O)N(CCN1CCOCC1)c1nc2c(F)cc(F)cc2s1)S(C)(=O)=O. The number of likely N-dealkylation sites (N-methyl/N-ethyl adjacent to an activating group) is 1. The normalized spacial score (nSPS) is 15.9. The van der Waals surface area contributed by atoms with Crippen LogP contribution in [-0.4, -0.2) is 87.8 Å². The molecule has 1 aliphatic heterocycles. The Morgan fingerprint density at radius 3 is 2.66 bits per heavy atom. The quantitative estimate of drug-likeness (QED) is 0.632. The Hall–Kier alpha value is -1.73. The Kier molecular flexibility index (Phi) is 6.79. The van der Waals surface area contributed by atoms with Crippen LogP contribution in [-0.2, 0) is 19.6 Å². The summed E-state index contributed by atoms with van der Waals surface area (Å²) in [6.45, 7) is 2.99. The molecule has 0 radical (unpaired) electrons. The third-order valence-corrected chi connectivity index (χ3v) is 6.89. The Labute approximate surface area is 171 Å². The van der Waals surface area contributed by atoms with Crippen LogP contribution in [0.2, 0.25) is 0 Å². The van der Waals surface area contributed by atoms with E-state index in [4.69, 9.17) is 4.74 Å². The summed E-state index contributed by atoms with van der Waals surface area (Å²) >= 11 is 0.986. The summed E-state index contributed by atoms with van der Waals surface area (Å²) in [5, 5.41) is 0.199. The van der Waals surface area contributed by atoms with Gasteiger partial charge in [-0.2, -0.15) is 4.31 Å². The maximum atomic E-state index is 14.1. The van der Waals surface area contributed by atoms with Crippen molar-refractivity contribution in [3.05, 3.63) is 23.8 Å². The van der Waals surface area contributed by atoms with Gasteiger partial charge in [0.2, 0.25) is 15.9 Å². The monoisotopic (exact) mass is 448 g/mol. The number of sulfonamides is 1. The summed E-state index contributed by atoms with van der Waals surface area (Å²) in [6.07, 6.45) is 1.01. The van der Waals surface area contributed by atoms with Gasteiger partial charge in [0.15, 0.2) is 10.9 Å². The van der Waals surface area contributed by atoms with E-state index in [9.17, 15) is 22.0 Å². The van der Waals surface area contributed by atoms with Crippen LogP contribution in [0.15, 0.2) is 12.1 Å². The number of benzene rings is 1. The van der Waals surface area contributed by atoms with E-state index in [2.05, 4.69) is 9.88 Å². The fourth-order valence-corrected chi connectivity index (χ4v) is 4.24. The largest absolute Gasteiger partial charge is 0.379 e. The predicted octanol–water partition coefficient (Wildman–Crippen LogP) is 1.13. The highest BCUT2D eigenvalue weighted by molar-refractivity contribution is 7.88. The van der Waals surface area contributed by atoms with Gasteiger partial charge in [-0.15, -0.1) is 0 Å². The van der Waals surface area contributed by atoms with E-state index in [0.29, 0.717) is 32.8 Å².